The molecular formula is C16H22N4O. The number of nitrogens with one attached hydrogen (secondary N) is 1. The largest absolute Gasteiger partial charge is 0.347 e. The van der Waals surface area contributed by atoms with Gasteiger partial charge in [0, 0.05) is 40.3 Å². The van der Waals surface area contributed by atoms with Crippen molar-refractivity contribution in [3.8, 4) is 6.07 Å². The van der Waals surface area contributed by atoms with Crippen LogP contribution in [0, 0.1) is 18.3 Å². The number of hydrogen-bond acceptors (Lipinski definition) is 4. The van der Waals surface area contributed by atoms with Crippen molar-refractivity contribution >= 4 is 5.91 Å². The number of carbonyl (C=O) groups is 1. The van der Waals surface area contributed by atoms with Crippen molar-refractivity contribution in [2.75, 3.05) is 33.7 Å². The molecule has 1 aromatic rings. The number of piperazine rings is 1. The number of amides is 1. The third-order valence-electron chi connectivity index (χ3n) is 3.93. The van der Waals surface area contributed by atoms with Crippen molar-refractivity contribution in [2.24, 2.45) is 0 Å². The van der Waals surface area contributed by atoms with Crippen molar-refractivity contribution in [3.63, 3.8) is 0 Å². The van der Waals surface area contributed by atoms with Crippen molar-refractivity contribution < 1.29 is 4.79 Å². The first-order valence-corrected chi connectivity index (χ1v) is 7.18. The van der Waals surface area contributed by atoms with Crippen LogP contribution >= 0.6 is 0 Å². The van der Waals surface area contributed by atoms with E-state index < -0.39 is 0 Å². The van der Waals surface area contributed by atoms with Crippen molar-refractivity contribution in [2.45, 2.75) is 19.5 Å². The standard InChI is InChI=1S/C16H22N4O/c1-12-8-13(9-17)4-5-14(12)11-20-7-6-18-10-15(20)16(21)19(2)3/h4-5,8,15,18H,6-7,10-11H2,1-3H3. The topological polar surface area (TPSA) is 59.4 Å². The van der Waals surface area contributed by atoms with Crippen LogP contribution in [0.4, 0.5) is 0 Å². The van der Waals surface area contributed by atoms with Gasteiger partial charge in [0.25, 0.3) is 0 Å². The van der Waals surface area contributed by atoms with Gasteiger partial charge in [-0.1, -0.05) is 6.07 Å². The summed E-state index contributed by atoms with van der Waals surface area (Å²) in [6.07, 6.45) is 0. The molecule has 1 aliphatic heterocycles. The molecule has 1 fully saturated rings. The average molecular weight is 286 g/mol. The molecule has 5 nitrogen and oxygen atoms in total. The second-order valence-corrected chi connectivity index (χ2v) is 5.68. The van der Waals surface area contributed by atoms with E-state index in [0.717, 1.165) is 25.2 Å². The van der Waals surface area contributed by atoms with Gasteiger partial charge in [-0.25, -0.2) is 0 Å². The zero-order valence-electron chi connectivity index (χ0n) is 12.9. The maximum Gasteiger partial charge on any atom is 0.240 e. The molecule has 2 rings (SSSR count). The molecule has 0 aromatic heterocycles. The predicted molar refractivity (Wildman–Crippen MR) is 81.7 cm³/mol. The number of hydrogen-bond donors (Lipinski definition) is 1. The van der Waals surface area contributed by atoms with Crippen molar-refractivity contribution in [1.82, 2.24) is 15.1 Å². The van der Waals surface area contributed by atoms with Crippen LogP contribution in [0.2, 0.25) is 0 Å². The average Bonchev–Trinajstić information content (AvgIpc) is 2.49. The van der Waals surface area contributed by atoms with E-state index in [-0.39, 0.29) is 11.9 Å². The molecule has 1 heterocycles. The molecule has 1 amide bonds. The van der Waals surface area contributed by atoms with Crippen LogP contribution in [0.3, 0.4) is 0 Å². The minimum absolute atomic E-state index is 0.121. The molecule has 1 N–H and O–H groups in total. The van der Waals surface area contributed by atoms with Gasteiger partial charge in [-0.05, 0) is 30.2 Å². The highest BCUT2D eigenvalue weighted by Gasteiger charge is 2.29. The summed E-state index contributed by atoms with van der Waals surface area (Å²) in [7, 11) is 3.59. The maximum atomic E-state index is 12.3. The molecule has 21 heavy (non-hydrogen) atoms. The van der Waals surface area contributed by atoms with Crippen LogP contribution < -0.4 is 5.32 Å². The second-order valence-electron chi connectivity index (χ2n) is 5.68. The minimum Gasteiger partial charge on any atom is -0.347 e. The highest BCUT2D eigenvalue weighted by molar-refractivity contribution is 5.81. The van der Waals surface area contributed by atoms with Gasteiger partial charge in [-0.3, -0.25) is 9.69 Å². The summed E-state index contributed by atoms with van der Waals surface area (Å²) >= 11 is 0. The monoisotopic (exact) mass is 286 g/mol. The normalized spacial score (nSPS) is 19.0. The Hall–Kier alpha value is -1.90. The first-order chi connectivity index (χ1) is 10.0. The molecule has 112 valence electrons. The lowest BCUT2D eigenvalue weighted by Crippen LogP contribution is -2.57. The van der Waals surface area contributed by atoms with E-state index in [4.69, 9.17) is 5.26 Å². The highest BCUT2D eigenvalue weighted by Crippen LogP contribution is 2.16. The van der Waals surface area contributed by atoms with Gasteiger partial charge < -0.3 is 10.2 Å². The van der Waals surface area contributed by atoms with Crippen LogP contribution in [0.1, 0.15) is 16.7 Å². The predicted octanol–water partition coefficient (Wildman–Crippen LogP) is 0.729. The molecule has 0 saturated carbocycles. The first-order valence-electron chi connectivity index (χ1n) is 7.18. The lowest BCUT2D eigenvalue weighted by molar-refractivity contribution is -0.135. The summed E-state index contributed by atoms with van der Waals surface area (Å²) < 4.78 is 0. The number of carbonyl (C=O) groups excluding carboxylic acids is 1. The summed E-state index contributed by atoms with van der Waals surface area (Å²) in [5.74, 6) is 0.133. The van der Waals surface area contributed by atoms with Crippen LogP contribution in [0.5, 0.6) is 0 Å². The number of nitriles is 1. The number of benzene rings is 1. The molecule has 0 spiro atoms. The Morgan fingerprint density at radius 1 is 1.52 bits per heavy atom. The van der Waals surface area contributed by atoms with Gasteiger partial charge >= 0.3 is 0 Å². The molecule has 0 radical (unpaired) electrons. The SMILES string of the molecule is Cc1cc(C#N)ccc1CN1CCNCC1C(=O)N(C)C. The Morgan fingerprint density at radius 3 is 2.90 bits per heavy atom. The molecule has 1 saturated heterocycles. The van der Waals surface area contributed by atoms with Gasteiger partial charge in [0.2, 0.25) is 5.91 Å². The molecule has 1 aromatic carbocycles. The fourth-order valence-corrected chi connectivity index (χ4v) is 2.64. The van der Waals surface area contributed by atoms with Gasteiger partial charge in [0.15, 0.2) is 0 Å². The van der Waals surface area contributed by atoms with Crippen molar-refractivity contribution in [1.29, 1.82) is 5.26 Å². The third kappa shape index (κ3) is 3.60. The minimum atomic E-state index is -0.121. The van der Waals surface area contributed by atoms with Crippen LogP contribution in [-0.4, -0.2) is 55.5 Å². The van der Waals surface area contributed by atoms with E-state index in [0.29, 0.717) is 12.1 Å². The van der Waals surface area contributed by atoms with Gasteiger partial charge in [-0.2, -0.15) is 5.26 Å². The Morgan fingerprint density at radius 2 is 2.29 bits per heavy atom. The summed E-state index contributed by atoms with van der Waals surface area (Å²) in [5, 5.41) is 12.2. The zero-order valence-corrected chi connectivity index (χ0v) is 12.9. The van der Waals surface area contributed by atoms with Crippen LogP contribution in [-0.2, 0) is 11.3 Å². The summed E-state index contributed by atoms with van der Waals surface area (Å²) in [5.41, 5.74) is 2.95. The Kier molecular flexibility index (Phi) is 4.94. The van der Waals surface area contributed by atoms with E-state index in [1.807, 2.05) is 25.1 Å². The van der Waals surface area contributed by atoms with Crippen LogP contribution in [0.25, 0.3) is 0 Å². The number of likely N-dealkylation sites (N-methyl/N-ethyl adjacent to an activating group) is 1. The lowest BCUT2D eigenvalue weighted by atomic mass is 10.0. The zero-order chi connectivity index (χ0) is 15.4. The Balaban J connectivity index is 2.16. The van der Waals surface area contributed by atoms with Crippen LogP contribution in [0.15, 0.2) is 18.2 Å². The Bertz CT molecular complexity index is 562. The molecule has 0 bridgehead atoms. The summed E-state index contributed by atoms with van der Waals surface area (Å²) in [4.78, 5) is 16.1. The fourth-order valence-electron chi connectivity index (χ4n) is 2.64. The van der Waals surface area contributed by atoms with Crippen molar-refractivity contribution in [3.05, 3.63) is 34.9 Å². The molecule has 5 heteroatoms. The molecular weight excluding hydrogens is 264 g/mol. The van der Waals surface area contributed by atoms with E-state index in [2.05, 4.69) is 16.3 Å². The van der Waals surface area contributed by atoms with E-state index >= 15 is 0 Å². The number of nitrogens with zero attached hydrogens (tertiary/aromatic N) is 3. The summed E-state index contributed by atoms with van der Waals surface area (Å²) in [6, 6.07) is 7.77. The van der Waals surface area contributed by atoms with E-state index in [1.54, 1.807) is 19.0 Å². The van der Waals surface area contributed by atoms with E-state index in [1.165, 1.54) is 5.56 Å². The smallest absolute Gasteiger partial charge is 0.240 e. The van der Waals surface area contributed by atoms with E-state index in [9.17, 15) is 4.79 Å². The quantitative estimate of drug-likeness (QED) is 0.890. The number of aryl methyl sites for hydroxylation is 1. The summed E-state index contributed by atoms with van der Waals surface area (Å²) in [6.45, 7) is 5.19. The molecule has 1 atom stereocenters. The first kappa shape index (κ1) is 15.5. The highest BCUT2D eigenvalue weighted by atomic mass is 16.2. The van der Waals surface area contributed by atoms with Gasteiger partial charge in [0.05, 0.1) is 11.6 Å². The molecule has 0 aliphatic carbocycles. The number of rotatable bonds is 3. The Labute approximate surface area is 126 Å². The third-order valence-corrected chi connectivity index (χ3v) is 3.93. The fraction of sp³-hybridized carbons (Fsp3) is 0.500. The second kappa shape index (κ2) is 6.70. The van der Waals surface area contributed by atoms with Gasteiger partial charge in [-0.15, -0.1) is 0 Å². The molecule has 1 unspecified atom stereocenters. The molecule has 1 aliphatic rings. The van der Waals surface area contributed by atoms with Gasteiger partial charge in [0.1, 0.15) is 6.04 Å². The maximum absolute atomic E-state index is 12.3. The lowest BCUT2D eigenvalue weighted by Gasteiger charge is -2.36.